The van der Waals surface area contributed by atoms with Crippen LogP contribution in [0.3, 0.4) is 0 Å². The van der Waals surface area contributed by atoms with Gasteiger partial charge in [0.25, 0.3) is 0 Å². The normalized spacial score (nSPS) is 21.1. The van der Waals surface area contributed by atoms with Crippen LogP contribution in [0.1, 0.15) is 16.7 Å². The maximum absolute atomic E-state index is 13.8. The molecule has 0 saturated carbocycles. The van der Waals surface area contributed by atoms with Gasteiger partial charge in [-0.15, -0.1) is 0 Å². The fourth-order valence-electron chi connectivity index (χ4n) is 4.49. The molecule has 1 aliphatic heterocycles. The van der Waals surface area contributed by atoms with Crippen LogP contribution in [0.25, 0.3) is 0 Å². The molecule has 2 heterocycles. The Morgan fingerprint density at radius 3 is 1.69 bits per heavy atom. The number of hydrogen-bond donors (Lipinski definition) is 0. The van der Waals surface area contributed by atoms with Crippen LogP contribution in [0.2, 0.25) is 0 Å². The largest absolute Gasteiger partial charge is 0.374 e. The highest BCUT2D eigenvalue weighted by Gasteiger charge is 2.53. The zero-order valence-corrected chi connectivity index (χ0v) is 22.2. The van der Waals surface area contributed by atoms with E-state index in [0.29, 0.717) is 6.61 Å². The van der Waals surface area contributed by atoms with E-state index in [4.69, 9.17) is 18.9 Å². The van der Waals surface area contributed by atoms with Gasteiger partial charge in [-0.2, -0.15) is 0 Å². The lowest BCUT2D eigenvalue weighted by atomic mass is 10.1. The second-order valence-corrected chi connectivity index (χ2v) is 11.3. The molecule has 39 heavy (non-hydrogen) atoms. The molecule has 202 valence electrons. The topological polar surface area (TPSA) is 84.0 Å². The van der Waals surface area contributed by atoms with Crippen molar-refractivity contribution in [1.82, 2.24) is 4.98 Å². The smallest absolute Gasteiger partial charge is 0.225 e. The number of aromatic nitrogens is 1. The Morgan fingerprint density at radius 1 is 0.641 bits per heavy atom. The highest BCUT2D eigenvalue weighted by Crippen LogP contribution is 2.34. The minimum absolute atomic E-state index is 0.0732. The number of ether oxygens (including phenoxy) is 4. The van der Waals surface area contributed by atoms with Gasteiger partial charge in [-0.1, -0.05) is 97.1 Å². The summed E-state index contributed by atoms with van der Waals surface area (Å²) in [6.07, 6.45) is -0.841. The van der Waals surface area contributed by atoms with Crippen LogP contribution < -0.4 is 0 Å². The second-order valence-electron chi connectivity index (χ2n) is 9.28. The first-order valence-electron chi connectivity index (χ1n) is 12.8. The summed E-state index contributed by atoms with van der Waals surface area (Å²) in [5.41, 5.74) is 1.56. The quantitative estimate of drug-likeness (QED) is 0.249. The Kier molecular flexibility index (Phi) is 9.13. The van der Waals surface area contributed by atoms with Crippen molar-refractivity contribution in [3.05, 3.63) is 132 Å². The van der Waals surface area contributed by atoms with E-state index in [-0.39, 0.29) is 24.8 Å². The molecule has 1 saturated heterocycles. The maximum atomic E-state index is 13.8. The van der Waals surface area contributed by atoms with Crippen molar-refractivity contribution in [3.8, 4) is 0 Å². The summed E-state index contributed by atoms with van der Waals surface area (Å²) in [6, 6.07) is 33.9. The van der Waals surface area contributed by atoms with Crippen LogP contribution in [0.15, 0.2) is 120 Å². The Labute approximate surface area is 229 Å². The predicted octanol–water partition coefficient (Wildman–Crippen LogP) is 4.97. The van der Waals surface area contributed by atoms with E-state index in [1.54, 1.807) is 12.1 Å². The van der Waals surface area contributed by atoms with Gasteiger partial charge in [0.1, 0.15) is 18.3 Å². The molecule has 3 aromatic carbocycles. The third kappa shape index (κ3) is 6.98. The summed E-state index contributed by atoms with van der Waals surface area (Å²) in [7, 11) is -4.01. The summed E-state index contributed by atoms with van der Waals surface area (Å²) < 4.78 is 52.4. The Bertz CT molecular complexity index is 1390. The summed E-state index contributed by atoms with van der Waals surface area (Å²) in [6.45, 7) is 0.963. The number of benzene rings is 3. The van der Waals surface area contributed by atoms with Gasteiger partial charge in [0.15, 0.2) is 10.5 Å². The first-order valence-corrected chi connectivity index (χ1v) is 14.4. The fourth-order valence-corrected chi connectivity index (χ4v) is 6.08. The number of sulfone groups is 1. The van der Waals surface area contributed by atoms with Gasteiger partial charge >= 0.3 is 0 Å². The predicted molar refractivity (Wildman–Crippen MR) is 146 cm³/mol. The van der Waals surface area contributed by atoms with Gasteiger partial charge < -0.3 is 18.9 Å². The molecule has 0 amide bonds. The SMILES string of the molecule is O=S(=O)(c1ccccn1)[C@@H]1O[C@H](COCc2ccccc2)[C@@H](OCc2ccccc2)[C@@H]1OCc1ccccc1. The maximum Gasteiger partial charge on any atom is 0.225 e. The van der Waals surface area contributed by atoms with Crippen LogP contribution in [0, 0.1) is 0 Å². The van der Waals surface area contributed by atoms with Crippen molar-refractivity contribution in [2.45, 2.75) is 48.6 Å². The molecule has 0 radical (unpaired) electrons. The molecule has 7 nitrogen and oxygen atoms in total. The summed E-state index contributed by atoms with van der Waals surface area (Å²) in [5.74, 6) is 0. The van der Waals surface area contributed by atoms with E-state index >= 15 is 0 Å². The molecule has 1 aliphatic rings. The lowest BCUT2D eigenvalue weighted by Gasteiger charge is -2.25. The molecule has 0 spiro atoms. The number of pyridine rings is 1. The first-order chi connectivity index (χ1) is 19.1. The minimum atomic E-state index is -4.01. The van der Waals surface area contributed by atoms with Gasteiger partial charge in [0.2, 0.25) is 9.84 Å². The molecular weight excluding hydrogens is 514 g/mol. The molecular formula is C31H31NO6S. The molecule has 4 atom stereocenters. The van der Waals surface area contributed by atoms with Crippen LogP contribution in [0.5, 0.6) is 0 Å². The van der Waals surface area contributed by atoms with Gasteiger partial charge in [-0.25, -0.2) is 13.4 Å². The first kappa shape index (κ1) is 27.2. The Hall–Kier alpha value is -3.40. The summed E-state index contributed by atoms with van der Waals surface area (Å²) in [4.78, 5) is 4.10. The number of rotatable bonds is 12. The molecule has 1 aromatic heterocycles. The van der Waals surface area contributed by atoms with Crippen LogP contribution in [-0.2, 0) is 48.6 Å². The van der Waals surface area contributed by atoms with Crippen molar-refractivity contribution in [2.75, 3.05) is 6.61 Å². The van der Waals surface area contributed by atoms with Crippen molar-refractivity contribution >= 4 is 9.84 Å². The molecule has 4 aromatic rings. The summed E-state index contributed by atoms with van der Waals surface area (Å²) >= 11 is 0. The number of hydrogen-bond acceptors (Lipinski definition) is 7. The third-order valence-electron chi connectivity index (χ3n) is 6.47. The molecule has 8 heteroatoms. The van der Waals surface area contributed by atoms with Crippen LogP contribution in [-0.4, -0.2) is 43.8 Å². The van der Waals surface area contributed by atoms with Crippen molar-refractivity contribution in [3.63, 3.8) is 0 Å². The van der Waals surface area contributed by atoms with Gasteiger partial charge in [-0.3, -0.25) is 0 Å². The van der Waals surface area contributed by atoms with Gasteiger partial charge in [0, 0.05) is 6.20 Å². The molecule has 0 unspecified atom stereocenters. The molecule has 1 fully saturated rings. The lowest BCUT2D eigenvalue weighted by molar-refractivity contribution is -0.0896. The van der Waals surface area contributed by atoms with Crippen LogP contribution >= 0.6 is 0 Å². The highest BCUT2D eigenvalue weighted by atomic mass is 32.2. The lowest BCUT2D eigenvalue weighted by Crippen LogP contribution is -2.41. The van der Waals surface area contributed by atoms with Gasteiger partial charge in [0.05, 0.1) is 26.4 Å². The molecule has 0 bridgehead atoms. The second kappa shape index (κ2) is 13.1. The van der Waals surface area contributed by atoms with Crippen molar-refractivity contribution in [1.29, 1.82) is 0 Å². The Morgan fingerprint density at radius 2 is 1.15 bits per heavy atom. The third-order valence-corrected chi connectivity index (χ3v) is 8.28. The highest BCUT2D eigenvalue weighted by molar-refractivity contribution is 7.91. The molecule has 0 N–H and O–H groups in total. The van der Waals surface area contributed by atoms with E-state index in [1.807, 2.05) is 91.0 Å². The van der Waals surface area contributed by atoms with Crippen molar-refractivity contribution < 1.29 is 27.4 Å². The fraction of sp³-hybridized carbons (Fsp3) is 0.258. The van der Waals surface area contributed by atoms with E-state index in [1.165, 1.54) is 12.3 Å². The Balaban J connectivity index is 1.41. The van der Waals surface area contributed by atoms with E-state index in [9.17, 15) is 8.42 Å². The van der Waals surface area contributed by atoms with E-state index in [0.717, 1.165) is 16.7 Å². The molecule has 0 aliphatic carbocycles. The zero-order chi connectivity index (χ0) is 26.9. The van der Waals surface area contributed by atoms with Crippen LogP contribution in [0.4, 0.5) is 0 Å². The standard InChI is InChI=1S/C31H31NO6S/c33-39(34,28-18-10-11-19-32-28)31-30(37-22-26-16-8-3-9-17-26)29(36-21-25-14-6-2-7-15-25)27(38-31)23-35-20-24-12-4-1-5-13-24/h1-19,27,29-31H,20-23H2/t27-,29-,30+,31+/m1/s1. The monoisotopic (exact) mass is 545 g/mol. The zero-order valence-electron chi connectivity index (χ0n) is 21.4. The average Bonchev–Trinajstić information content (AvgIpc) is 3.35. The molecule has 5 rings (SSSR count). The summed E-state index contributed by atoms with van der Waals surface area (Å²) in [5, 5.41) is -0.0732. The van der Waals surface area contributed by atoms with Gasteiger partial charge in [-0.05, 0) is 28.8 Å². The van der Waals surface area contributed by atoms with E-state index < -0.39 is 33.6 Å². The van der Waals surface area contributed by atoms with Crippen molar-refractivity contribution in [2.24, 2.45) is 0 Å². The minimum Gasteiger partial charge on any atom is -0.374 e. The number of nitrogens with zero attached hydrogens (tertiary/aromatic N) is 1. The average molecular weight is 546 g/mol. The van der Waals surface area contributed by atoms with E-state index in [2.05, 4.69) is 4.98 Å².